The van der Waals surface area contributed by atoms with E-state index in [4.69, 9.17) is 11.6 Å². The molecule has 0 aliphatic heterocycles. The normalized spacial score (nSPS) is 10.9. The Kier molecular flexibility index (Phi) is 4.16. The first-order chi connectivity index (χ1) is 11.1. The third kappa shape index (κ3) is 3.12. The van der Waals surface area contributed by atoms with Crippen molar-refractivity contribution in [3.63, 3.8) is 0 Å². The van der Waals surface area contributed by atoms with Crippen molar-refractivity contribution in [1.29, 1.82) is 0 Å². The lowest BCUT2D eigenvalue weighted by Gasteiger charge is -2.17. The number of aromatic nitrogens is 3. The van der Waals surface area contributed by atoms with Gasteiger partial charge in [0.05, 0.1) is 0 Å². The molecule has 0 radical (unpaired) electrons. The smallest absolute Gasteiger partial charge is 0.340 e. The average Bonchev–Trinajstić information content (AvgIpc) is 2.86. The van der Waals surface area contributed by atoms with Gasteiger partial charge in [0.2, 0.25) is 5.91 Å². The molecular formula is C16H15ClN4O2. The lowest BCUT2D eigenvalue weighted by Crippen LogP contribution is -2.34. The number of nitrogens with zero attached hydrogens (tertiary/aromatic N) is 4. The Morgan fingerprint density at radius 3 is 2.70 bits per heavy atom. The maximum Gasteiger partial charge on any atom is 0.350 e. The summed E-state index contributed by atoms with van der Waals surface area (Å²) in [7, 11) is 1.67. The van der Waals surface area contributed by atoms with E-state index in [2.05, 4.69) is 5.10 Å². The first kappa shape index (κ1) is 15.3. The van der Waals surface area contributed by atoms with Crippen LogP contribution in [0.4, 0.5) is 0 Å². The lowest BCUT2D eigenvalue weighted by molar-refractivity contribution is -0.131. The SMILES string of the molecule is CN(Cc1ccccc1Cl)C(=O)Cn1nc2ccccn2c1=O. The Hall–Kier alpha value is -2.60. The molecule has 0 spiro atoms. The molecule has 23 heavy (non-hydrogen) atoms. The molecule has 0 saturated heterocycles. The number of carbonyl (C=O) groups excluding carboxylic acids is 1. The van der Waals surface area contributed by atoms with E-state index in [0.29, 0.717) is 17.2 Å². The number of fused-ring (bicyclic) bond motifs is 1. The van der Waals surface area contributed by atoms with Crippen molar-refractivity contribution in [3.05, 3.63) is 69.7 Å². The lowest BCUT2D eigenvalue weighted by atomic mass is 10.2. The second-order valence-corrected chi connectivity index (χ2v) is 5.62. The molecule has 6 nitrogen and oxygen atoms in total. The Balaban J connectivity index is 1.76. The molecule has 1 aromatic carbocycles. The van der Waals surface area contributed by atoms with Crippen LogP contribution in [0.5, 0.6) is 0 Å². The molecule has 2 aromatic heterocycles. The fourth-order valence-corrected chi connectivity index (χ4v) is 2.49. The van der Waals surface area contributed by atoms with Gasteiger partial charge in [-0.05, 0) is 23.8 Å². The highest BCUT2D eigenvalue weighted by molar-refractivity contribution is 6.31. The van der Waals surface area contributed by atoms with Crippen LogP contribution in [0.25, 0.3) is 5.65 Å². The summed E-state index contributed by atoms with van der Waals surface area (Å²) in [6.45, 7) is 0.266. The van der Waals surface area contributed by atoms with Crippen molar-refractivity contribution in [3.8, 4) is 0 Å². The predicted molar refractivity (Wildman–Crippen MR) is 87.4 cm³/mol. The van der Waals surface area contributed by atoms with Gasteiger partial charge in [-0.25, -0.2) is 9.48 Å². The zero-order valence-electron chi connectivity index (χ0n) is 12.5. The van der Waals surface area contributed by atoms with Gasteiger partial charge < -0.3 is 4.90 Å². The first-order valence-corrected chi connectivity index (χ1v) is 7.45. The fourth-order valence-electron chi connectivity index (χ4n) is 2.29. The highest BCUT2D eigenvalue weighted by Gasteiger charge is 2.15. The van der Waals surface area contributed by atoms with Crippen molar-refractivity contribution in [1.82, 2.24) is 19.1 Å². The van der Waals surface area contributed by atoms with E-state index >= 15 is 0 Å². The zero-order chi connectivity index (χ0) is 16.4. The topological polar surface area (TPSA) is 59.6 Å². The number of amides is 1. The van der Waals surface area contributed by atoms with Crippen molar-refractivity contribution in [2.45, 2.75) is 13.1 Å². The summed E-state index contributed by atoms with van der Waals surface area (Å²) in [6, 6.07) is 12.6. The Labute approximate surface area is 137 Å². The van der Waals surface area contributed by atoms with Crippen LogP contribution in [0.1, 0.15) is 5.56 Å². The van der Waals surface area contributed by atoms with E-state index in [1.54, 1.807) is 37.5 Å². The third-order valence-corrected chi connectivity index (χ3v) is 3.93. The van der Waals surface area contributed by atoms with Crippen molar-refractivity contribution in [2.75, 3.05) is 7.05 Å². The quantitative estimate of drug-likeness (QED) is 0.733. The molecule has 118 valence electrons. The molecule has 3 rings (SSSR count). The molecular weight excluding hydrogens is 316 g/mol. The van der Waals surface area contributed by atoms with Crippen molar-refractivity contribution in [2.24, 2.45) is 0 Å². The maximum absolute atomic E-state index is 12.3. The van der Waals surface area contributed by atoms with Crippen molar-refractivity contribution < 1.29 is 4.79 Å². The van der Waals surface area contributed by atoms with Gasteiger partial charge >= 0.3 is 5.69 Å². The van der Waals surface area contributed by atoms with E-state index in [1.807, 2.05) is 18.2 Å². The molecule has 2 heterocycles. The molecule has 0 aliphatic rings. The number of halogens is 1. The van der Waals surface area contributed by atoms with Gasteiger partial charge in [-0.3, -0.25) is 9.20 Å². The Morgan fingerprint density at radius 2 is 1.96 bits per heavy atom. The third-order valence-electron chi connectivity index (χ3n) is 3.56. The summed E-state index contributed by atoms with van der Waals surface area (Å²) >= 11 is 6.10. The zero-order valence-corrected chi connectivity index (χ0v) is 13.3. The van der Waals surface area contributed by atoms with E-state index in [9.17, 15) is 9.59 Å². The Morgan fingerprint density at radius 1 is 1.22 bits per heavy atom. The molecule has 0 saturated carbocycles. The molecule has 1 amide bonds. The number of benzene rings is 1. The summed E-state index contributed by atoms with van der Waals surface area (Å²) in [4.78, 5) is 26.0. The molecule has 3 aromatic rings. The monoisotopic (exact) mass is 330 g/mol. The van der Waals surface area contributed by atoms with Crippen LogP contribution in [0.2, 0.25) is 5.02 Å². The maximum atomic E-state index is 12.3. The largest absolute Gasteiger partial charge is 0.350 e. The van der Waals surface area contributed by atoms with Crippen LogP contribution in [0, 0.1) is 0 Å². The summed E-state index contributed by atoms with van der Waals surface area (Å²) in [5, 5.41) is 4.76. The van der Waals surface area contributed by atoms with E-state index in [0.717, 1.165) is 5.56 Å². The number of carbonyl (C=O) groups is 1. The predicted octanol–water partition coefficient (Wildman–Crippen LogP) is 1.81. The van der Waals surface area contributed by atoms with Gasteiger partial charge in [-0.15, -0.1) is 5.10 Å². The van der Waals surface area contributed by atoms with Gasteiger partial charge in [-0.1, -0.05) is 35.9 Å². The van der Waals surface area contributed by atoms with Gasteiger partial charge in [0.1, 0.15) is 6.54 Å². The summed E-state index contributed by atoms with van der Waals surface area (Å²) in [6.07, 6.45) is 1.62. The highest BCUT2D eigenvalue weighted by atomic mass is 35.5. The summed E-state index contributed by atoms with van der Waals surface area (Å²) in [5.41, 5.74) is 1.03. The minimum atomic E-state index is -0.333. The number of rotatable bonds is 4. The van der Waals surface area contributed by atoms with E-state index < -0.39 is 0 Å². The van der Waals surface area contributed by atoms with Crippen LogP contribution < -0.4 is 5.69 Å². The molecule has 7 heteroatoms. The van der Waals surface area contributed by atoms with Gasteiger partial charge in [-0.2, -0.15) is 0 Å². The molecule has 0 N–H and O–H groups in total. The van der Waals surface area contributed by atoms with Crippen LogP contribution in [-0.4, -0.2) is 32.0 Å². The van der Waals surface area contributed by atoms with E-state index in [-0.39, 0.29) is 18.1 Å². The van der Waals surface area contributed by atoms with Gasteiger partial charge in [0, 0.05) is 24.8 Å². The number of pyridine rings is 1. The van der Waals surface area contributed by atoms with Crippen LogP contribution in [0.3, 0.4) is 0 Å². The van der Waals surface area contributed by atoms with Gasteiger partial charge in [0.15, 0.2) is 5.65 Å². The fraction of sp³-hybridized carbons (Fsp3) is 0.188. The average molecular weight is 331 g/mol. The minimum absolute atomic E-state index is 0.110. The molecule has 0 atom stereocenters. The number of hydrogen-bond donors (Lipinski definition) is 0. The number of likely N-dealkylation sites (N-methyl/N-ethyl adjacent to an activating group) is 1. The highest BCUT2D eigenvalue weighted by Crippen LogP contribution is 2.16. The minimum Gasteiger partial charge on any atom is -0.340 e. The van der Waals surface area contributed by atoms with Crippen LogP contribution >= 0.6 is 11.6 Å². The summed E-state index contributed by atoms with van der Waals surface area (Å²) in [5.74, 6) is -0.213. The summed E-state index contributed by atoms with van der Waals surface area (Å²) < 4.78 is 2.57. The molecule has 0 unspecified atom stereocenters. The Bertz CT molecular complexity index is 916. The standard InChI is InChI=1S/C16H15ClN4O2/c1-19(10-12-6-2-3-7-13(12)17)15(22)11-21-16(23)20-9-5-4-8-14(20)18-21/h2-9H,10-11H2,1H3. The number of hydrogen-bond acceptors (Lipinski definition) is 3. The van der Waals surface area contributed by atoms with Crippen LogP contribution in [0.15, 0.2) is 53.5 Å². The molecule has 0 bridgehead atoms. The second kappa shape index (κ2) is 6.26. The van der Waals surface area contributed by atoms with Crippen molar-refractivity contribution >= 4 is 23.2 Å². The van der Waals surface area contributed by atoms with Crippen LogP contribution in [-0.2, 0) is 17.9 Å². The van der Waals surface area contributed by atoms with Gasteiger partial charge in [0.25, 0.3) is 0 Å². The van der Waals surface area contributed by atoms with E-state index in [1.165, 1.54) is 14.0 Å². The molecule has 0 fully saturated rings. The molecule has 0 aliphatic carbocycles. The second-order valence-electron chi connectivity index (χ2n) is 5.21. The first-order valence-electron chi connectivity index (χ1n) is 7.08.